The molecule has 0 aromatic heterocycles. The van der Waals surface area contributed by atoms with Crippen LogP contribution in [0, 0.1) is 0 Å². The van der Waals surface area contributed by atoms with Gasteiger partial charge in [0, 0.05) is 57.5 Å². The fourth-order valence-electron chi connectivity index (χ4n) is 2.89. The minimum absolute atomic E-state index is 0.130. The second kappa shape index (κ2) is 13.7. The molecule has 0 aromatic rings. The number of rotatable bonds is 13. The van der Waals surface area contributed by atoms with Crippen molar-refractivity contribution in [3.63, 3.8) is 0 Å². The van der Waals surface area contributed by atoms with E-state index in [-0.39, 0.29) is 12.3 Å². The third kappa shape index (κ3) is 11.7. The maximum Gasteiger partial charge on any atom is 0.304 e. The van der Waals surface area contributed by atoms with Gasteiger partial charge in [0.05, 0.1) is 6.42 Å². The predicted octanol–water partition coefficient (Wildman–Crippen LogP) is 1.37. The van der Waals surface area contributed by atoms with Gasteiger partial charge < -0.3 is 15.3 Å². The number of piperazine rings is 1. The van der Waals surface area contributed by atoms with Crippen molar-refractivity contribution in [2.24, 2.45) is 0 Å². The summed E-state index contributed by atoms with van der Waals surface area (Å²) in [6, 6.07) is 0. The Morgan fingerprint density at radius 2 is 1.64 bits per heavy atom. The zero-order chi connectivity index (χ0) is 18.5. The number of nitrogens with one attached hydrogen (secondary N) is 1. The van der Waals surface area contributed by atoms with Gasteiger partial charge in [0.1, 0.15) is 0 Å². The molecule has 0 aromatic carbocycles. The number of thiol groups is 2. The van der Waals surface area contributed by atoms with Crippen molar-refractivity contribution in [3.05, 3.63) is 0 Å². The van der Waals surface area contributed by atoms with Gasteiger partial charge in [-0.25, -0.2) is 0 Å². The van der Waals surface area contributed by atoms with E-state index in [4.69, 9.17) is 5.11 Å². The van der Waals surface area contributed by atoms with Crippen LogP contribution in [0.5, 0.6) is 0 Å². The highest BCUT2D eigenvalue weighted by Crippen LogP contribution is 2.12. The van der Waals surface area contributed by atoms with Crippen LogP contribution in [0.3, 0.4) is 0 Å². The number of carbonyl (C=O) groups excluding carboxylic acids is 1. The van der Waals surface area contributed by atoms with Crippen LogP contribution >= 0.6 is 25.3 Å². The molecule has 1 amide bonds. The van der Waals surface area contributed by atoms with E-state index in [0.717, 1.165) is 64.2 Å². The average Bonchev–Trinajstić information content (AvgIpc) is 2.58. The molecule has 0 spiro atoms. The molecule has 1 saturated heterocycles. The molecule has 1 fully saturated rings. The van der Waals surface area contributed by atoms with Gasteiger partial charge in [-0.3, -0.25) is 14.5 Å². The van der Waals surface area contributed by atoms with Gasteiger partial charge in [0.15, 0.2) is 0 Å². The average molecular weight is 392 g/mol. The summed E-state index contributed by atoms with van der Waals surface area (Å²) in [5.74, 6) is 0.254. The monoisotopic (exact) mass is 391 g/mol. The van der Waals surface area contributed by atoms with Gasteiger partial charge in [-0.05, 0) is 25.0 Å². The van der Waals surface area contributed by atoms with Crippen molar-refractivity contribution in [2.75, 3.05) is 51.6 Å². The molecular weight excluding hydrogens is 358 g/mol. The topological polar surface area (TPSA) is 72.9 Å². The molecule has 25 heavy (non-hydrogen) atoms. The Morgan fingerprint density at radius 3 is 2.24 bits per heavy atom. The molecule has 8 heteroatoms. The van der Waals surface area contributed by atoms with E-state index >= 15 is 0 Å². The van der Waals surface area contributed by atoms with Crippen LogP contribution in [-0.4, -0.2) is 83.6 Å². The molecule has 0 aliphatic carbocycles. The summed E-state index contributed by atoms with van der Waals surface area (Å²) < 4.78 is 0. The first-order valence-corrected chi connectivity index (χ1v) is 10.4. The smallest absolute Gasteiger partial charge is 0.304 e. The Balaban J connectivity index is 1.98. The third-order valence-electron chi connectivity index (χ3n) is 4.51. The zero-order valence-corrected chi connectivity index (χ0v) is 16.8. The summed E-state index contributed by atoms with van der Waals surface area (Å²) >= 11 is 8.69. The molecule has 1 atom stereocenters. The van der Waals surface area contributed by atoms with E-state index in [0.29, 0.717) is 24.8 Å². The Morgan fingerprint density at radius 1 is 1.00 bits per heavy atom. The molecule has 0 bridgehead atoms. The van der Waals surface area contributed by atoms with Gasteiger partial charge in [-0.2, -0.15) is 25.3 Å². The van der Waals surface area contributed by atoms with Crippen LogP contribution in [0.15, 0.2) is 0 Å². The van der Waals surface area contributed by atoms with Crippen molar-refractivity contribution in [3.8, 4) is 0 Å². The highest BCUT2D eigenvalue weighted by atomic mass is 32.1. The molecule has 6 nitrogen and oxygen atoms in total. The number of hydrogen-bond donors (Lipinski definition) is 4. The summed E-state index contributed by atoms with van der Waals surface area (Å²) in [6.07, 6.45) is 4.81. The van der Waals surface area contributed by atoms with Crippen LogP contribution in [0.4, 0.5) is 0 Å². The lowest BCUT2D eigenvalue weighted by molar-refractivity contribution is -0.137. The molecule has 0 radical (unpaired) electrons. The zero-order valence-electron chi connectivity index (χ0n) is 15.0. The third-order valence-corrected chi connectivity index (χ3v) is 5.29. The highest BCUT2D eigenvalue weighted by Gasteiger charge is 2.17. The van der Waals surface area contributed by atoms with Crippen LogP contribution in [0.25, 0.3) is 0 Å². The fourth-order valence-corrected chi connectivity index (χ4v) is 3.72. The van der Waals surface area contributed by atoms with E-state index in [1.807, 2.05) is 0 Å². The lowest BCUT2D eigenvalue weighted by Crippen LogP contribution is -2.48. The lowest BCUT2D eigenvalue weighted by Gasteiger charge is -2.34. The number of nitrogens with zero attached hydrogens (tertiary/aromatic N) is 2. The first-order chi connectivity index (χ1) is 12.0. The normalized spacial score (nSPS) is 17.4. The molecular formula is C17H33N3O3S2. The quantitative estimate of drug-likeness (QED) is 0.282. The maximum atomic E-state index is 11.8. The van der Waals surface area contributed by atoms with Crippen molar-refractivity contribution in [1.29, 1.82) is 0 Å². The summed E-state index contributed by atoms with van der Waals surface area (Å²) in [4.78, 5) is 26.9. The summed E-state index contributed by atoms with van der Waals surface area (Å²) in [5.41, 5.74) is 0. The molecule has 1 heterocycles. The van der Waals surface area contributed by atoms with E-state index in [2.05, 4.69) is 40.4 Å². The van der Waals surface area contributed by atoms with Gasteiger partial charge >= 0.3 is 5.97 Å². The van der Waals surface area contributed by atoms with Gasteiger partial charge in [-0.15, -0.1) is 0 Å². The number of aliphatic carboxylic acids is 1. The lowest BCUT2D eigenvalue weighted by atomic mass is 10.1. The molecule has 1 unspecified atom stereocenters. The SMILES string of the molecule is O=C(O)CCN1CCN(CCNC(=O)CCCCC(S)CCS)CC1. The minimum atomic E-state index is -0.739. The number of hydrogen-bond acceptors (Lipinski definition) is 6. The van der Waals surface area contributed by atoms with Gasteiger partial charge in [0.2, 0.25) is 5.91 Å². The minimum Gasteiger partial charge on any atom is -0.481 e. The van der Waals surface area contributed by atoms with Crippen LogP contribution < -0.4 is 5.32 Å². The van der Waals surface area contributed by atoms with Gasteiger partial charge in [-0.1, -0.05) is 6.42 Å². The van der Waals surface area contributed by atoms with Crippen LogP contribution in [0.2, 0.25) is 0 Å². The van der Waals surface area contributed by atoms with Gasteiger partial charge in [0.25, 0.3) is 0 Å². The van der Waals surface area contributed by atoms with E-state index < -0.39 is 5.97 Å². The Kier molecular flexibility index (Phi) is 12.4. The predicted molar refractivity (Wildman–Crippen MR) is 108 cm³/mol. The van der Waals surface area contributed by atoms with Crippen LogP contribution in [0.1, 0.15) is 38.5 Å². The van der Waals surface area contributed by atoms with Crippen molar-refractivity contribution < 1.29 is 14.7 Å². The number of unbranched alkanes of at least 4 members (excludes halogenated alkanes) is 1. The van der Waals surface area contributed by atoms with Crippen molar-refractivity contribution in [1.82, 2.24) is 15.1 Å². The maximum absolute atomic E-state index is 11.8. The van der Waals surface area contributed by atoms with Crippen LogP contribution in [-0.2, 0) is 9.59 Å². The Labute approximate surface area is 162 Å². The number of carboxylic acids is 1. The van der Waals surface area contributed by atoms with E-state index in [1.165, 1.54) is 0 Å². The fraction of sp³-hybridized carbons (Fsp3) is 0.882. The summed E-state index contributed by atoms with van der Waals surface area (Å²) in [5, 5.41) is 12.1. The molecule has 146 valence electrons. The standard InChI is InChI=1S/C17H33N3O3S2/c21-16(4-2-1-3-15(25)6-14-24)18-7-9-20-12-10-19(11-13-20)8-5-17(22)23/h15,24-25H,1-14H2,(H,18,21)(H,22,23). The second-order valence-corrected chi connectivity index (χ2v) is 7.77. The summed E-state index contributed by atoms with van der Waals surface area (Å²) in [6.45, 7) is 5.84. The molecule has 1 rings (SSSR count). The summed E-state index contributed by atoms with van der Waals surface area (Å²) in [7, 11) is 0. The van der Waals surface area contributed by atoms with Crippen molar-refractivity contribution in [2.45, 2.75) is 43.8 Å². The van der Waals surface area contributed by atoms with Crippen molar-refractivity contribution >= 4 is 37.1 Å². The molecule has 1 aliphatic heterocycles. The Hall–Kier alpha value is -0.440. The number of carbonyl (C=O) groups is 2. The largest absolute Gasteiger partial charge is 0.481 e. The molecule has 0 saturated carbocycles. The first-order valence-electron chi connectivity index (χ1n) is 9.23. The second-order valence-electron chi connectivity index (χ2n) is 6.59. The first kappa shape index (κ1) is 22.6. The Bertz CT molecular complexity index is 391. The highest BCUT2D eigenvalue weighted by molar-refractivity contribution is 7.81. The number of amides is 1. The van der Waals surface area contributed by atoms with E-state index in [9.17, 15) is 9.59 Å². The number of carboxylic acid groups (broad SMARTS) is 1. The molecule has 2 N–H and O–H groups in total. The van der Waals surface area contributed by atoms with E-state index in [1.54, 1.807) is 0 Å². The molecule has 1 aliphatic rings.